The Morgan fingerprint density at radius 3 is 2.48 bits per heavy atom. The Kier molecular flexibility index (Phi) is 7.56. The van der Waals surface area contributed by atoms with Gasteiger partial charge < -0.3 is 14.4 Å². The number of rotatable bonds is 7. The molecule has 1 aliphatic rings. The fourth-order valence-electron chi connectivity index (χ4n) is 3.45. The first kappa shape index (κ1) is 20.0. The molecule has 5 nitrogen and oxygen atoms in total. The molecule has 1 heterocycles. The lowest BCUT2D eigenvalue weighted by molar-refractivity contribution is -0.137. The minimum atomic E-state index is 0.104. The first-order valence-electron chi connectivity index (χ1n) is 8.95. The van der Waals surface area contributed by atoms with Crippen LogP contribution in [0.5, 0.6) is 11.5 Å². The molecule has 6 heteroatoms. The largest absolute Gasteiger partial charge is 0.493 e. The van der Waals surface area contributed by atoms with Crippen LogP contribution in [0, 0.1) is 5.92 Å². The van der Waals surface area contributed by atoms with Crippen LogP contribution in [-0.2, 0) is 11.3 Å². The Morgan fingerprint density at radius 1 is 1.24 bits per heavy atom. The maximum atomic E-state index is 12.7. The summed E-state index contributed by atoms with van der Waals surface area (Å²) < 4.78 is 11.8. The number of nitrogens with zero attached hydrogens (tertiary/aromatic N) is 2. The van der Waals surface area contributed by atoms with Gasteiger partial charge in [-0.2, -0.15) is 0 Å². The van der Waals surface area contributed by atoms with E-state index in [2.05, 4.69) is 20.8 Å². The number of carbonyl (C=O) groups is 1. The van der Waals surface area contributed by atoms with E-state index in [1.165, 1.54) is 0 Å². The normalized spacial score (nSPS) is 18.0. The van der Waals surface area contributed by atoms with Crippen LogP contribution < -0.4 is 9.47 Å². The minimum absolute atomic E-state index is 0.104. The van der Waals surface area contributed by atoms with E-state index >= 15 is 0 Å². The van der Waals surface area contributed by atoms with E-state index in [-0.39, 0.29) is 5.92 Å². The summed E-state index contributed by atoms with van der Waals surface area (Å²) in [7, 11) is 3.28. The maximum absolute atomic E-state index is 12.7. The van der Waals surface area contributed by atoms with Gasteiger partial charge in [-0.3, -0.25) is 9.69 Å². The number of piperidine rings is 1. The molecule has 0 N–H and O–H groups in total. The van der Waals surface area contributed by atoms with Gasteiger partial charge in [-0.1, -0.05) is 15.9 Å². The first-order chi connectivity index (χ1) is 12.0. The van der Waals surface area contributed by atoms with Crippen molar-refractivity contribution in [2.24, 2.45) is 5.92 Å². The van der Waals surface area contributed by atoms with Crippen molar-refractivity contribution in [2.45, 2.75) is 33.2 Å². The number of benzene rings is 1. The number of likely N-dealkylation sites (tertiary alicyclic amines) is 1. The maximum Gasteiger partial charge on any atom is 0.226 e. The van der Waals surface area contributed by atoms with Gasteiger partial charge in [0, 0.05) is 30.7 Å². The summed E-state index contributed by atoms with van der Waals surface area (Å²) in [4.78, 5) is 17.0. The molecule has 1 amide bonds. The molecule has 1 atom stereocenters. The van der Waals surface area contributed by atoms with Crippen LogP contribution in [0.3, 0.4) is 0 Å². The topological polar surface area (TPSA) is 42.0 Å². The summed E-state index contributed by atoms with van der Waals surface area (Å²) in [6.07, 6.45) is 2.04. The molecule has 2 rings (SSSR count). The van der Waals surface area contributed by atoms with Gasteiger partial charge in [-0.25, -0.2) is 0 Å². The molecule has 1 fully saturated rings. The average Bonchev–Trinajstić information content (AvgIpc) is 2.64. The van der Waals surface area contributed by atoms with Gasteiger partial charge in [0.25, 0.3) is 0 Å². The third-order valence-corrected chi connectivity index (χ3v) is 5.61. The molecule has 0 saturated carbocycles. The lowest BCUT2D eigenvalue weighted by Crippen LogP contribution is -2.44. The second-order valence-corrected chi connectivity index (χ2v) is 7.24. The van der Waals surface area contributed by atoms with Gasteiger partial charge in [0.2, 0.25) is 5.91 Å². The highest BCUT2D eigenvalue weighted by atomic mass is 79.9. The lowest BCUT2D eigenvalue weighted by atomic mass is 9.96. The highest BCUT2D eigenvalue weighted by Gasteiger charge is 2.28. The quantitative estimate of drug-likeness (QED) is 0.686. The SMILES string of the molecule is CCN(CC)C(=O)[C@H]1CCCN(Cc2cc(OC)c(OC)cc2Br)C1. The van der Waals surface area contributed by atoms with Crippen LogP contribution in [0.4, 0.5) is 0 Å². The van der Waals surface area contributed by atoms with Crippen molar-refractivity contribution in [3.8, 4) is 11.5 Å². The predicted molar refractivity (Wildman–Crippen MR) is 103 cm³/mol. The number of methoxy groups -OCH3 is 2. The Bertz CT molecular complexity index is 590. The van der Waals surface area contributed by atoms with Crippen molar-refractivity contribution in [1.29, 1.82) is 0 Å². The summed E-state index contributed by atoms with van der Waals surface area (Å²) in [5, 5.41) is 0. The van der Waals surface area contributed by atoms with Crippen molar-refractivity contribution in [2.75, 3.05) is 40.4 Å². The number of hydrogen-bond donors (Lipinski definition) is 0. The fraction of sp³-hybridized carbons (Fsp3) is 0.632. The summed E-state index contributed by atoms with van der Waals surface area (Å²) in [6.45, 7) is 8.29. The summed E-state index contributed by atoms with van der Waals surface area (Å²) in [5.41, 5.74) is 1.15. The van der Waals surface area contributed by atoms with Gasteiger partial charge in [0.15, 0.2) is 11.5 Å². The molecule has 0 spiro atoms. The molecular weight excluding hydrogens is 384 g/mol. The zero-order valence-corrected chi connectivity index (χ0v) is 17.3. The minimum Gasteiger partial charge on any atom is -0.493 e. The molecule has 1 aromatic carbocycles. The van der Waals surface area contributed by atoms with Crippen molar-refractivity contribution in [3.05, 3.63) is 22.2 Å². The zero-order valence-electron chi connectivity index (χ0n) is 15.7. The molecule has 0 radical (unpaired) electrons. The molecule has 0 bridgehead atoms. The fourth-order valence-corrected chi connectivity index (χ4v) is 3.90. The van der Waals surface area contributed by atoms with E-state index in [0.717, 1.165) is 61.4 Å². The van der Waals surface area contributed by atoms with Gasteiger partial charge >= 0.3 is 0 Å². The lowest BCUT2D eigenvalue weighted by Gasteiger charge is -2.34. The Morgan fingerprint density at radius 2 is 1.88 bits per heavy atom. The van der Waals surface area contributed by atoms with Crippen molar-refractivity contribution >= 4 is 21.8 Å². The van der Waals surface area contributed by atoms with Crippen LogP contribution in [0.25, 0.3) is 0 Å². The number of hydrogen-bond acceptors (Lipinski definition) is 4. The molecule has 0 unspecified atom stereocenters. The van der Waals surface area contributed by atoms with E-state index in [1.54, 1.807) is 14.2 Å². The Labute approximate surface area is 159 Å². The zero-order chi connectivity index (χ0) is 18.4. The summed E-state index contributed by atoms with van der Waals surface area (Å²) in [5.74, 6) is 1.84. The predicted octanol–water partition coefficient (Wildman–Crippen LogP) is 3.55. The number of ether oxygens (including phenoxy) is 2. The Balaban J connectivity index is 2.09. The first-order valence-corrected chi connectivity index (χ1v) is 9.74. The highest BCUT2D eigenvalue weighted by Crippen LogP contribution is 2.34. The van der Waals surface area contributed by atoms with E-state index in [9.17, 15) is 4.79 Å². The molecule has 0 aromatic heterocycles. The third kappa shape index (κ3) is 4.88. The monoisotopic (exact) mass is 412 g/mol. The second kappa shape index (κ2) is 9.43. The van der Waals surface area contributed by atoms with E-state index in [1.807, 2.05) is 30.9 Å². The standard InChI is InChI=1S/C19H29BrN2O3/c1-5-22(6-2)19(23)14-8-7-9-21(12-14)13-15-10-17(24-3)18(25-4)11-16(15)20/h10-11,14H,5-9,12-13H2,1-4H3/t14-/m0/s1. The molecule has 0 aliphatic carbocycles. The van der Waals surface area contributed by atoms with Gasteiger partial charge in [0.1, 0.15) is 0 Å². The van der Waals surface area contributed by atoms with Crippen molar-refractivity contribution in [1.82, 2.24) is 9.80 Å². The molecule has 25 heavy (non-hydrogen) atoms. The number of halogens is 1. The molecule has 140 valence electrons. The van der Waals surface area contributed by atoms with Crippen LogP contribution in [-0.4, -0.2) is 56.1 Å². The molecule has 1 saturated heterocycles. The number of amides is 1. The van der Waals surface area contributed by atoms with E-state index in [4.69, 9.17) is 9.47 Å². The molecule has 1 aliphatic heterocycles. The summed E-state index contributed by atoms with van der Waals surface area (Å²) in [6, 6.07) is 3.95. The van der Waals surface area contributed by atoms with Gasteiger partial charge in [0.05, 0.1) is 20.1 Å². The van der Waals surface area contributed by atoms with Crippen LogP contribution in [0.2, 0.25) is 0 Å². The molecular formula is C19H29BrN2O3. The summed E-state index contributed by atoms with van der Waals surface area (Å²) >= 11 is 3.63. The van der Waals surface area contributed by atoms with Crippen molar-refractivity contribution in [3.63, 3.8) is 0 Å². The van der Waals surface area contributed by atoms with Crippen LogP contribution in [0.15, 0.2) is 16.6 Å². The van der Waals surface area contributed by atoms with Crippen molar-refractivity contribution < 1.29 is 14.3 Å². The average molecular weight is 413 g/mol. The van der Waals surface area contributed by atoms with Crippen LogP contribution in [0.1, 0.15) is 32.3 Å². The molecule has 1 aromatic rings. The number of carbonyl (C=O) groups excluding carboxylic acids is 1. The third-order valence-electron chi connectivity index (χ3n) is 4.88. The smallest absolute Gasteiger partial charge is 0.226 e. The van der Waals surface area contributed by atoms with Gasteiger partial charge in [-0.05, 0) is 50.9 Å². The Hall–Kier alpha value is -1.27. The van der Waals surface area contributed by atoms with Gasteiger partial charge in [-0.15, -0.1) is 0 Å². The highest BCUT2D eigenvalue weighted by molar-refractivity contribution is 9.10. The van der Waals surface area contributed by atoms with E-state index in [0.29, 0.717) is 11.7 Å². The van der Waals surface area contributed by atoms with Crippen LogP contribution >= 0.6 is 15.9 Å². The van der Waals surface area contributed by atoms with E-state index < -0.39 is 0 Å². The second-order valence-electron chi connectivity index (χ2n) is 6.38.